The number of ketones is 1. The molecule has 0 spiro atoms. The van der Waals surface area contributed by atoms with Crippen LogP contribution in [0.2, 0.25) is 0 Å². The molecule has 0 aromatic heterocycles. The van der Waals surface area contributed by atoms with E-state index in [1.807, 2.05) is 30.3 Å². The Balaban J connectivity index is 2.09. The Morgan fingerprint density at radius 1 is 0.842 bits per heavy atom. The average Bonchev–Trinajstić information content (AvgIpc) is 2.40. The van der Waals surface area contributed by atoms with E-state index in [9.17, 15) is 9.59 Å². The lowest BCUT2D eigenvalue weighted by Gasteiger charge is -2.05. The van der Waals surface area contributed by atoms with E-state index in [-0.39, 0.29) is 17.8 Å². The van der Waals surface area contributed by atoms with E-state index in [1.165, 1.54) is 6.07 Å². The zero-order chi connectivity index (χ0) is 13.7. The van der Waals surface area contributed by atoms with Gasteiger partial charge in [-0.25, -0.2) is 4.79 Å². The van der Waals surface area contributed by atoms with Gasteiger partial charge in [-0.3, -0.25) is 4.79 Å². The van der Waals surface area contributed by atoms with Crippen molar-refractivity contribution >= 4 is 11.8 Å². The molecule has 0 heterocycles. The van der Waals surface area contributed by atoms with Gasteiger partial charge in [-0.1, -0.05) is 48.5 Å². The monoisotopic (exact) mass is 254 g/mol. The second kappa shape index (κ2) is 5.96. The number of hydrogen-bond donors (Lipinski definition) is 1. The summed E-state index contributed by atoms with van der Waals surface area (Å²) in [5.74, 6) is -0.983. The molecule has 2 aromatic rings. The molecule has 19 heavy (non-hydrogen) atoms. The van der Waals surface area contributed by atoms with E-state index in [0.29, 0.717) is 12.0 Å². The van der Waals surface area contributed by atoms with Crippen LogP contribution >= 0.6 is 0 Å². The van der Waals surface area contributed by atoms with Gasteiger partial charge in [0.05, 0.1) is 5.56 Å². The van der Waals surface area contributed by atoms with Gasteiger partial charge < -0.3 is 5.11 Å². The minimum atomic E-state index is -0.997. The number of Topliss-reactive ketones (excluding diaryl/α,β-unsaturated/α-hetero) is 1. The zero-order valence-electron chi connectivity index (χ0n) is 10.4. The van der Waals surface area contributed by atoms with Crippen LogP contribution < -0.4 is 0 Å². The lowest BCUT2D eigenvalue weighted by atomic mass is 9.99. The summed E-state index contributed by atoms with van der Waals surface area (Å²) < 4.78 is 0. The zero-order valence-corrected chi connectivity index (χ0v) is 10.4. The maximum absolute atomic E-state index is 12.0. The van der Waals surface area contributed by atoms with E-state index in [4.69, 9.17) is 5.11 Å². The van der Waals surface area contributed by atoms with Gasteiger partial charge in [0.25, 0.3) is 0 Å². The summed E-state index contributed by atoms with van der Waals surface area (Å²) in [5, 5.41) is 9.06. The molecule has 0 atom stereocenters. The highest BCUT2D eigenvalue weighted by molar-refractivity contribution is 5.92. The van der Waals surface area contributed by atoms with Crippen LogP contribution in [0.1, 0.15) is 21.5 Å². The summed E-state index contributed by atoms with van der Waals surface area (Å²) in [7, 11) is 0. The lowest BCUT2D eigenvalue weighted by Crippen LogP contribution is -2.10. The molecule has 0 bridgehead atoms. The molecule has 0 aliphatic carbocycles. The maximum atomic E-state index is 12.0. The fourth-order valence-electron chi connectivity index (χ4n) is 1.98. The van der Waals surface area contributed by atoms with Gasteiger partial charge in [0, 0.05) is 12.8 Å². The van der Waals surface area contributed by atoms with Gasteiger partial charge in [-0.2, -0.15) is 0 Å². The van der Waals surface area contributed by atoms with Crippen molar-refractivity contribution in [2.75, 3.05) is 0 Å². The van der Waals surface area contributed by atoms with Crippen LogP contribution in [0.5, 0.6) is 0 Å². The number of rotatable bonds is 5. The summed E-state index contributed by atoms with van der Waals surface area (Å²) in [6.07, 6.45) is 0.478. The lowest BCUT2D eigenvalue weighted by molar-refractivity contribution is -0.117. The van der Waals surface area contributed by atoms with Gasteiger partial charge in [-0.05, 0) is 17.2 Å². The predicted molar refractivity (Wildman–Crippen MR) is 72.3 cm³/mol. The van der Waals surface area contributed by atoms with Crippen molar-refractivity contribution in [1.29, 1.82) is 0 Å². The second-order valence-electron chi connectivity index (χ2n) is 4.34. The number of carbonyl (C=O) groups is 2. The third kappa shape index (κ3) is 3.52. The number of hydrogen-bond acceptors (Lipinski definition) is 2. The summed E-state index contributed by atoms with van der Waals surface area (Å²) in [5.41, 5.74) is 1.71. The molecule has 0 aliphatic heterocycles. The van der Waals surface area contributed by atoms with Crippen LogP contribution in [-0.2, 0) is 17.6 Å². The molecule has 96 valence electrons. The van der Waals surface area contributed by atoms with E-state index in [2.05, 4.69) is 0 Å². The van der Waals surface area contributed by atoms with Gasteiger partial charge in [0.1, 0.15) is 5.78 Å². The fourth-order valence-corrected chi connectivity index (χ4v) is 1.98. The first-order valence-corrected chi connectivity index (χ1v) is 6.03. The first kappa shape index (κ1) is 13.0. The third-order valence-corrected chi connectivity index (χ3v) is 2.88. The van der Waals surface area contributed by atoms with Crippen molar-refractivity contribution in [1.82, 2.24) is 0 Å². The highest BCUT2D eigenvalue weighted by atomic mass is 16.4. The number of aromatic carboxylic acids is 1. The standard InChI is InChI=1S/C16H14O3/c17-14(10-12-6-2-1-3-7-12)11-13-8-4-5-9-15(13)16(18)19/h1-9H,10-11H2,(H,18,19). The minimum Gasteiger partial charge on any atom is -0.478 e. The molecule has 2 rings (SSSR count). The minimum absolute atomic E-state index is 0.0138. The Kier molecular flexibility index (Phi) is 4.08. The summed E-state index contributed by atoms with van der Waals surface area (Å²) in [6, 6.07) is 16.1. The summed E-state index contributed by atoms with van der Waals surface area (Å²) in [4.78, 5) is 23.0. The SMILES string of the molecule is O=C(Cc1ccccc1)Cc1ccccc1C(=O)O. The molecule has 0 aliphatic rings. The number of carboxylic acid groups (broad SMARTS) is 1. The van der Waals surface area contributed by atoms with Crippen molar-refractivity contribution in [3.63, 3.8) is 0 Å². The van der Waals surface area contributed by atoms with Crippen LogP contribution in [-0.4, -0.2) is 16.9 Å². The smallest absolute Gasteiger partial charge is 0.335 e. The molecular formula is C16H14O3. The topological polar surface area (TPSA) is 54.4 Å². The van der Waals surface area contributed by atoms with Crippen LogP contribution in [0.4, 0.5) is 0 Å². The fraction of sp³-hybridized carbons (Fsp3) is 0.125. The second-order valence-corrected chi connectivity index (χ2v) is 4.34. The first-order valence-electron chi connectivity index (χ1n) is 6.03. The van der Waals surface area contributed by atoms with Crippen LogP contribution in [0.15, 0.2) is 54.6 Å². The molecule has 0 saturated heterocycles. The quantitative estimate of drug-likeness (QED) is 0.892. The maximum Gasteiger partial charge on any atom is 0.335 e. The Hall–Kier alpha value is -2.42. The van der Waals surface area contributed by atoms with E-state index >= 15 is 0 Å². The summed E-state index contributed by atoms with van der Waals surface area (Å²) >= 11 is 0. The van der Waals surface area contributed by atoms with Crippen molar-refractivity contribution in [2.24, 2.45) is 0 Å². The third-order valence-electron chi connectivity index (χ3n) is 2.88. The predicted octanol–water partition coefficient (Wildman–Crippen LogP) is 2.74. The highest BCUT2D eigenvalue weighted by Crippen LogP contribution is 2.11. The Labute approximate surface area is 111 Å². The number of benzene rings is 2. The van der Waals surface area contributed by atoms with Crippen molar-refractivity contribution in [2.45, 2.75) is 12.8 Å². The Bertz CT molecular complexity index is 588. The molecule has 3 heteroatoms. The first-order chi connectivity index (χ1) is 9.16. The van der Waals surface area contributed by atoms with Gasteiger partial charge in [0.2, 0.25) is 0 Å². The average molecular weight is 254 g/mol. The highest BCUT2D eigenvalue weighted by Gasteiger charge is 2.12. The van der Waals surface area contributed by atoms with Crippen LogP contribution in [0.3, 0.4) is 0 Å². The largest absolute Gasteiger partial charge is 0.478 e. The van der Waals surface area contributed by atoms with Gasteiger partial charge in [-0.15, -0.1) is 0 Å². The van der Waals surface area contributed by atoms with Crippen molar-refractivity contribution < 1.29 is 14.7 Å². The normalized spacial score (nSPS) is 10.1. The van der Waals surface area contributed by atoms with Crippen LogP contribution in [0.25, 0.3) is 0 Å². The molecule has 1 N–H and O–H groups in total. The molecule has 2 aromatic carbocycles. The van der Waals surface area contributed by atoms with Crippen LogP contribution in [0, 0.1) is 0 Å². The van der Waals surface area contributed by atoms with E-state index in [0.717, 1.165) is 5.56 Å². The molecule has 0 fully saturated rings. The summed E-state index contributed by atoms with van der Waals surface area (Å²) in [6.45, 7) is 0. The van der Waals surface area contributed by atoms with E-state index in [1.54, 1.807) is 18.2 Å². The van der Waals surface area contributed by atoms with Crippen molar-refractivity contribution in [3.8, 4) is 0 Å². The van der Waals surface area contributed by atoms with Gasteiger partial charge in [0.15, 0.2) is 0 Å². The van der Waals surface area contributed by atoms with E-state index < -0.39 is 5.97 Å². The molecule has 0 amide bonds. The van der Waals surface area contributed by atoms with Crippen molar-refractivity contribution in [3.05, 3.63) is 71.3 Å². The Morgan fingerprint density at radius 3 is 2.16 bits per heavy atom. The van der Waals surface area contributed by atoms with Gasteiger partial charge >= 0.3 is 5.97 Å². The molecule has 0 unspecified atom stereocenters. The Morgan fingerprint density at radius 2 is 1.47 bits per heavy atom. The number of carbonyl (C=O) groups excluding carboxylic acids is 1. The number of carboxylic acids is 1. The molecule has 3 nitrogen and oxygen atoms in total. The molecule has 0 saturated carbocycles. The molecule has 0 radical (unpaired) electrons. The molecular weight excluding hydrogens is 240 g/mol.